The predicted octanol–water partition coefficient (Wildman–Crippen LogP) is 2.02. The van der Waals surface area contributed by atoms with Gasteiger partial charge in [-0.3, -0.25) is 0 Å². The summed E-state index contributed by atoms with van der Waals surface area (Å²) in [5, 5.41) is 31.5. The van der Waals surface area contributed by atoms with Crippen LogP contribution in [-0.4, -0.2) is 24.9 Å². The Morgan fingerprint density at radius 2 is 2.05 bits per heavy atom. The second-order valence-corrected chi connectivity index (χ2v) is 4.46. The molecule has 0 aliphatic heterocycles. The van der Waals surface area contributed by atoms with Gasteiger partial charge in [-0.2, -0.15) is 10.2 Å². The van der Waals surface area contributed by atoms with E-state index in [1.807, 2.05) is 6.07 Å². The second kappa shape index (κ2) is 4.68. The van der Waals surface area contributed by atoms with Gasteiger partial charge in [0, 0.05) is 18.8 Å². The molecule has 3 aromatic rings. The zero-order valence-electron chi connectivity index (χ0n) is 11.0. The number of nitrogens with zero attached hydrogens (tertiary/aromatic N) is 4. The Hall–Kier alpha value is -3.27. The van der Waals surface area contributed by atoms with Crippen molar-refractivity contribution in [3.05, 3.63) is 36.0 Å². The van der Waals surface area contributed by atoms with Gasteiger partial charge in [0.2, 0.25) is 5.82 Å². The Morgan fingerprint density at radius 3 is 2.71 bits per heavy atom. The van der Waals surface area contributed by atoms with Gasteiger partial charge in [0.25, 0.3) is 5.89 Å². The van der Waals surface area contributed by atoms with Crippen molar-refractivity contribution in [2.24, 2.45) is 7.05 Å². The number of benzene rings is 1. The van der Waals surface area contributed by atoms with Crippen LogP contribution in [0.5, 0.6) is 11.5 Å². The fourth-order valence-corrected chi connectivity index (χ4v) is 1.95. The maximum absolute atomic E-state index is 9.49. The molecule has 0 aliphatic rings. The van der Waals surface area contributed by atoms with E-state index in [1.165, 1.54) is 12.1 Å². The van der Waals surface area contributed by atoms with E-state index in [-0.39, 0.29) is 23.2 Å². The van der Waals surface area contributed by atoms with E-state index >= 15 is 0 Å². The number of phenols is 2. The zero-order valence-corrected chi connectivity index (χ0v) is 11.0. The summed E-state index contributed by atoms with van der Waals surface area (Å²) in [4.78, 5) is 4.23. The van der Waals surface area contributed by atoms with Crippen LogP contribution in [0.15, 0.2) is 35.0 Å². The number of nitriles is 1. The van der Waals surface area contributed by atoms with E-state index in [4.69, 9.17) is 9.78 Å². The van der Waals surface area contributed by atoms with Crippen molar-refractivity contribution in [2.75, 3.05) is 0 Å². The highest BCUT2D eigenvalue weighted by atomic mass is 16.5. The summed E-state index contributed by atoms with van der Waals surface area (Å²) in [5.41, 5.74) is 1.62. The van der Waals surface area contributed by atoms with Gasteiger partial charge in [-0.1, -0.05) is 5.16 Å². The number of phenolic OH excluding ortho intramolecular Hbond substituents is 2. The van der Waals surface area contributed by atoms with Crippen LogP contribution in [-0.2, 0) is 7.05 Å². The maximum Gasteiger partial charge on any atom is 0.274 e. The molecule has 2 aromatic heterocycles. The number of rotatable bonds is 2. The quantitative estimate of drug-likeness (QED) is 0.696. The lowest BCUT2D eigenvalue weighted by molar-refractivity contribution is 0.403. The SMILES string of the molecule is Cn1cc(C#N)cc1-c1nc(-c2ccc(O)c(O)c2)no1. The van der Waals surface area contributed by atoms with Crippen LogP contribution in [0.4, 0.5) is 0 Å². The summed E-state index contributed by atoms with van der Waals surface area (Å²) in [7, 11) is 1.77. The molecule has 3 rings (SSSR count). The Balaban J connectivity index is 2.01. The minimum absolute atomic E-state index is 0.219. The lowest BCUT2D eigenvalue weighted by Crippen LogP contribution is -1.89. The summed E-state index contributed by atoms with van der Waals surface area (Å²) in [6.45, 7) is 0. The molecule has 1 aromatic carbocycles. The molecule has 0 atom stereocenters. The molecule has 2 heterocycles. The summed E-state index contributed by atoms with van der Waals surface area (Å²) in [5.74, 6) is 0.0645. The first-order valence-electron chi connectivity index (χ1n) is 6.01. The average molecular weight is 282 g/mol. The molecule has 7 nitrogen and oxygen atoms in total. The van der Waals surface area contributed by atoms with Crippen molar-refractivity contribution in [3.8, 4) is 40.5 Å². The predicted molar refractivity (Wildman–Crippen MR) is 72.2 cm³/mol. The molecule has 0 saturated carbocycles. The van der Waals surface area contributed by atoms with Crippen molar-refractivity contribution >= 4 is 0 Å². The van der Waals surface area contributed by atoms with Gasteiger partial charge in [-0.25, -0.2) is 0 Å². The van der Waals surface area contributed by atoms with E-state index in [0.717, 1.165) is 0 Å². The van der Waals surface area contributed by atoms with Crippen LogP contribution in [0, 0.1) is 11.3 Å². The van der Waals surface area contributed by atoms with Gasteiger partial charge in [-0.15, -0.1) is 0 Å². The summed E-state index contributed by atoms with van der Waals surface area (Å²) in [6.07, 6.45) is 1.66. The lowest BCUT2D eigenvalue weighted by atomic mass is 10.2. The summed E-state index contributed by atoms with van der Waals surface area (Å²) >= 11 is 0. The van der Waals surface area contributed by atoms with Crippen LogP contribution < -0.4 is 0 Å². The Labute approximate surface area is 119 Å². The van der Waals surface area contributed by atoms with Gasteiger partial charge in [-0.05, 0) is 24.3 Å². The molecule has 0 bridgehead atoms. The largest absolute Gasteiger partial charge is 0.504 e. The lowest BCUT2D eigenvalue weighted by Gasteiger charge is -1.98. The average Bonchev–Trinajstić information content (AvgIpc) is 3.08. The molecule has 21 heavy (non-hydrogen) atoms. The third-order valence-corrected chi connectivity index (χ3v) is 3.01. The molecule has 0 amide bonds. The molecule has 0 unspecified atom stereocenters. The Kier molecular flexibility index (Phi) is 2.84. The van der Waals surface area contributed by atoms with Gasteiger partial charge < -0.3 is 19.3 Å². The highest BCUT2D eigenvalue weighted by Crippen LogP contribution is 2.30. The standard InChI is InChI=1S/C14H10N4O3/c1-18-7-8(6-15)4-10(18)14-16-13(17-21-14)9-2-3-11(19)12(20)5-9/h2-5,7,19-20H,1H3. The monoisotopic (exact) mass is 282 g/mol. The van der Waals surface area contributed by atoms with Gasteiger partial charge >= 0.3 is 0 Å². The van der Waals surface area contributed by atoms with E-state index in [9.17, 15) is 10.2 Å². The minimum Gasteiger partial charge on any atom is -0.504 e. The fourth-order valence-electron chi connectivity index (χ4n) is 1.95. The molecule has 104 valence electrons. The van der Waals surface area contributed by atoms with Crippen LogP contribution >= 0.6 is 0 Å². The molecular weight excluding hydrogens is 272 g/mol. The highest BCUT2D eigenvalue weighted by Gasteiger charge is 2.15. The molecular formula is C14H10N4O3. The highest BCUT2D eigenvalue weighted by molar-refractivity contribution is 5.62. The number of hydrogen-bond acceptors (Lipinski definition) is 6. The van der Waals surface area contributed by atoms with Crippen LogP contribution in [0.3, 0.4) is 0 Å². The molecule has 0 saturated heterocycles. The fraction of sp³-hybridized carbons (Fsp3) is 0.0714. The van der Waals surface area contributed by atoms with Crippen molar-refractivity contribution in [2.45, 2.75) is 0 Å². The van der Waals surface area contributed by atoms with Crippen LogP contribution in [0.2, 0.25) is 0 Å². The van der Waals surface area contributed by atoms with Crippen molar-refractivity contribution in [3.63, 3.8) is 0 Å². The number of hydrogen-bond donors (Lipinski definition) is 2. The zero-order chi connectivity index (χ0) is 15.0. The molecule has 0 aliphatic carbocycles. The first-order valence-corrected chi connectivity index (χ1v) is 6.01. The molecule has 0 spiro atoms. The molecule has 7 heteroatoms. The normalized spacial score (nSPS) is 10.5. The molecule has 0 radical (unpaired) electrons. The number of aromatic hydroxyl groups is 2. The topological polar surface area (TPSA) is 108 Å². The molecule has 0 fully saturated rings. The minimum atomic E-state index is -0.260. The van der Waals surface area contributed by atoms with Crippen LogP contribution in [0.1, 0.15) is 5.56 Å². The Bertz CT molecular complexity index is 857. The van der Waals surface area contributed by atoms with Crippen molar-refractivity contribution in [1.82, 2.24) is 14.7 Å². The van der Waals surface area contributed by atoms with E-state index in [1.54, 1.807) is 29.9 Å². The van der Waals surface area contributed by atoms with Gasteiger partial charge in [0.1, 0.15) is 11.8 Å². The Morgan fingerprint density at radius 1 is 1.24 bits per heavy atom. The maximum atomic E-state index is 9.49. The third kappa shape index (κ3) is 2.19. The summed E-state index contributed by atoms with van der Waals surface area (Å²) in [6, 6.07) is 7.94. The number of aryl methyl sites for hydroxylation is 1. The van der Waals surface area contributed by atoms with Crippen molar-refractivity contribution < 1.29 is 14.7 Å². The van der Waals surface area contributed by atoms with Crippen LogP contribution in [0.25, 0.3) is 23.0 Å². The molecule has 2 N–H and O–H groups in total. The summed E-state index contributed by atoms with van der Waals surface area (Å²) < 4.78 is 6.89. The van der Waals surface area contributed by atoms with E-state index < -0.39 is 0 Å². The van der Waals surface area contributed by atoms with Gasteiger partial charge in [0.15, 0.2) is 11.5 Å². The smallest absolute Gasteiger partial charge is 0.274 e. The first-order chi connectivity index (χ1) is 10.1. The van der Waals surface area contributed by atoms with Gasteiger partial charge in [0.05, 0.1) is 5.56 Å². The number of aromatic nitrogens is 3. The van der Waals surface area contributed by atoms with Crippen molar-refractivity contribution in [1.29, 1.82) is 5.26 Å². The second-order valence-electron chi connectivity index (χ2n) is 4.46. The first kappa shape index (κ1) is 12.7. The van der Waals surface area contributed by atoms with E-state index in [2.05, 4.69) is 10.1 Å². The third-order valence-electron chi connectivity index (χ3n) is 3.01. The van der Waals surface area contributed by atoms with E-state index in [0.29, 0.717) is 16.8 Å².